The van der Waals surface area contributed by atoms with Gasteiger partial charge in [-0.3, -0.25) is 9.59 Å². The summed E-state index contributed by atoms with van der Waals surface area (Å²) >= 11 is 0. The Morgan fingerprint density at radius 2 is 1.38 bits per heavy atom. The van der Waals surface area contributed by atoms with Gasteiger partial charge in [-0.1, -0.05) is 66.7 Å². The Hall–Kier alpha value is -2.48. The van der Waals surface area contributed by atoms with Gasteiger partial charge in [0.25, 0.3) is 0 Å². The highest BCUT2D eigenvalue weighted by molar-refractivity contribution is 6.12. The minimum absolute atomic E-state index is 0.0625. The van der Waals surface area contributed by atoms with Gasteiger partial charge < -0.3 is 0 Å². The normalized spacial score (nSPS) is 17.1. The van der Waals surface area contributed by atoms with Gasteiger partial charge in [-0.2, -0.15) is 0 Å². The van der Waals surface area contributed by atoms with Gasteiger partial charge in [-0.25, -0.2) is 0 Å². The van der Waals surface area contributed by atoms with E-state index in [1.807, 2.05) is 42.5 Å². The van der Waals surface area contributed by atoms with Crippen molar-refractivity contribution in [2.24, 2.45) is 0 Å². The fourth-order valence-electron chi connectivity index (χ4n) is 3.07. The van der Waals surface area contributed by atoms with E-state index in [4.69, 9.17) is 0 Å². The maximum absolute atomic E-state index is 11.9. The van der Waals surface area contributed by atoms with Gasteiger partial charge in [0, 0.05) is 11.8 Å². The largest absolute Gasteiger partial charge is 0.298 e. The molecule has 0 saturated carbocycles. The maximum Gasteiger partial charge on any atom is 0.165 e. The molecule has 0 saturated heterocycles. The summed E-state index contributed by atoms with van der Waals surface area (Å²) in [5, 5.41) is 0. The second kappa shape index (κ2) is 5.49. The topological polar surface area (TPSA) is 34.1 Å². The van der Waals surface area contributed by atoms with Gasteiger partial charge in [0.15, 0.2) is 12.1 Å². The van der Waals surface area contributed by atoms with Crippen molar-refractivity contribution in [1.29, 1.82) is 0 Å². The molecule has 0 bridgehead atoms. The summed E-state index contributed by atoms with van der Waals surface area (Å²) in [6.07, 6.45) is 3.62. The number of benzene rings is 2. The third-order valence-corrected chi connectivity index (χ3v) is 4.18. The Kier molecular flexibility index (Phi) is 3.53. The van der Waals surface area contributed by atoms with E-state index in [9.17, 15) is 9.59 Å². The number of aldehydes is 1. The van der Waals surface area contributed by atoms with Gasteiger partial charge in [0.05, 0.1) is 5.57 Å². The van der Waals surface area contributed by atoms with Crippen LogP contribution in [0.4, 0.5) is 0 Å². The molecule has 0 N–H and O–H groups in total. The number of Topliss-reactive ketones (excluding diaryl/α,β-unsaturated/α-hetero) is 1. The molecule has 0 spiro atoms. The van der Waals surface area contributed by atoms with Gasteiger partial charge in [-0.15, -0.1) is 0 Å². The fraction of sp³-hybridized carbons (Fsp3) is 0.158. The molecule has 0 fully saturated rings. The zero-order valence-electron chi connectivity index (χ0n) is 11.7. The van der Waals surface area contributed by atoms with Crippen LogP contribution in [0.25, 0.3) is 0 Å². The molecule has 1 aliphatic carbocycles. The predicted octanol–water partition coefficient (Wildman–Crippen LogP) is 3.46. The lowest BCUT2D eigenvalue weighted by Gasteiger charge is -2.35. The van der Waals surface area contributed by atoms with Crippen molar-refractivity contribution >= 4 is 12.1 Å². The van der Waals surface area contributed by atoms with E-state index < -0.39 is 5.41 Å². The van der Waals surface area contributed by atoms with Crippen LogP contribution in [0.1, 0.15) is 24.0 Å². The van der Waals surface area contributed by atoms with E-state index in [0.29, 0.717) is 19.1 Å². The van der Waals surface area contributed by atoms with E-state index >= 15 is 0 Å². The monoisotopic (exact) mass is 276 g/mol. The standard InChI is InChI=1S/C19H16O2/c20-14-15-13-19(12-11-18(15)21,16-7-3-1-4-8-16)17-9-5-2-6-10-17/h1-10,13-14H,11-12H2. The van der Waals surface area contributed by atoms with Crippen LogP contribution >= 0.6 is 0 Å². The molecule has 0 aromatic heterocycles. The molecular formula is C19H16O2. The number of allylic oxidation sites excluding steroid dienone is 2. The summed E-state index contributed by atoms with van der Waals surface area (Å²) < 4.78 is 0. The molecule has 3 rings (SSSR count). The van der Waals surface area contributed by atoms with E-state index in [1.54, 1.807) is 0 Å². The Labute approximate surface area is 124 Å². The molecule has 0 atom stereocenters. The van der Waals surface area contributed by atoms with Crippen LogP contribution in [0, 0.1) is 0 Å². The molecule has 0 heterocycles. The minimum Gasteiger partial charge on any atom is -0.298 e. The van der Waals surface area contributed by atoms with Gasteiger partial charge in [0.1, 0.15) is 0 Å². The van der Waals surface area contributed by atoms with Crippen LogP contribution in [-0.2, 0) is 15.0 Å². The maximum atomic E-state index is 11.9. The van der Waals surface area contributed by atoms with Crippen molar-refractivity contribution in [2.45, 2.75) is 18.3 Å². The first kappa shape index (κ1) is 13.5. The van der Waals surface area contributed by atoms with Crippen molar-refractivity contribution in [3.05, 3.63) is 83.4 Å². The molecular weight excluding hydrogens is 260 g/mol. The first-order valence-electron chi connectivity index (χ1n) is 7.08. The van der Waals surface area contributed by atoms with E-state index in [1.165, 1.54) is 0 Å². The first-order valence-corrected chi connectivity index (χ1v) is 7.08. The number of hydrogen-bond acceptors (Lipinski definition) is 2. The number of rotatable bonds is 3. The van der Waals surface area contributed by atoms with E-state index in [2.05, 4.69) is 24.3 Å². The quantitative estimate of drug-likeness (QED) is 0.635. The van der Waals surface area contributed by atoms with Crippen LogP contribution in [0.5, 0.6) is 0 Å². The summed E-state index contributed by atoms with van der Waals surface area (Å²) in [5.74, 6) is -0.0625. The number of carbonyl (C=O) groups is 2. The fourth-order valence-corrected chi connectivity index (χ4v) is 3.07. The summed E-state index contributed by atoms with van der Waals surface area (Å²) in [6.45, 7) is 0. The Morgan fingerprint density at radius 1 is 0.857 bits per heavy atom. The second-order valence-electron chi connectivity index (χ2n) is 5.34. The Morgan fingerprint density at radius 3 is 1.86 bits per heavy atom. The summed E-state index contributed by atoms with van der Waals surface area (Å²) in [6, 6.07) is 20.1. The molecule has 0 aliphatic heterocycles. The van der Waals surface area contributed by atoms with Crippen molar-refractivity contribution < 1.29 is 9.59 Å². The molecule has 2 nitrogen and oxygen atoms in total. The number of hydrogen-bond donors (Lipinski definition) is 0. The third-order valence-electron chi connectivity index (χ3n) is 4.18. The smallest absolute Gasteiger partial charge is 0.165 e. The van der Waals surface area contributed by atoms with E-state index in [-0.39, 0.29) is 11.4 Å². The summed E-state index contributed by atoms with van der Waals surface area (Å²) in [4.78, 5) is 23.1. The summed E-state index contributed by atoms with van der Waals surface area (Å²) in [5.41, 5.74) is 2.12. The summed E-state index contributed by atoms with van der Waals surface area (Å²) in [7, 11) is 0. The molecule has 21 heavy (non-hydrogen) atoms. The average molecular weight is 276 g/mol. The van der Waals surface area contributed by atoms with Gasteiger partial charge >= 0.3 is 0 Å². The molecule has 0 amide bonds. The van der Waals surface area contributed by atoms with Crippen molar-refractivity contribution in [3.63, 3.8) is 0 Å². The van der Waals surface area contributed by atoms with Crippen LogP contribution in [0.15, 0.2) is 72.3 Å². The average Bonchev–Trinajstić information content (AvgIpc) is 2.57. The van der Waals surface area contributed by atoms with Crippen LogP contribution in [0.3, 0.4) is 0 Å². The van der Waals surface area contributed by atoms with Crippen LogP contribution in [0.2, 0.25) is 0 Å². The van der Waals surface area contributed by atoms with Crippen LogP contribution < -0.4 is 0 Å². The highest BCUT2D eigenvalue weighted by Gasteiger charge is 2.37. The molecule has 2 aromatic rings. The van der Waals surface area contributed by atoms with Gasteiger partial charge in [-0.05, 0) is 17.5 Å². The molecule has 2 aromatic carbocycles. The van der Waals surface area contributed by atoms with Gasteiger partial charge in [0.2, 0.25) is 0 Å². The number of ketones is 1. The zero-order valence-corrected chi connectivity index (χ0v) is 11.7. The van der Waals surface area contributed by atoms with Crippen molar-refractivity contribution in [2.75, 3.05) is 0 Å². The van der Waals surface area contributed by atoms with Crippen molar-refractivity contribution in [1.82, 2.24) is 0 Å². The lowest BCUT2D eigenvalue weighted by atomic mass is 9.67. The minimum atomic E-state index is -0.396. The molecule has 1 aliphatic rings. The molecule has 0 unspecified atom stereocenters. The number of carbonyl (C=O) groups excluding carboxylic acids is 2. The molecule has 2 heteroatoms. The van der Waals surface area contributed by atoms with Crippen LogP contribution in [-0.4, -0.2) is 12.1 Å². The molecule has 0 radical (unpaired) electrons. The lowest BCUT2D eigenvalue weighted by molar-refractivity contribution is -0.118. The van der Waals surface area contributed by atoms with E-state index in [0.717, 1.165) is 11.1 Å². The second-order valence-corrected chi connectivity index (χ2v) is 5.34. The Bertz CT molecular complexity index is 645. The third kappa shape index (κ3) is 2.33. The predicted molar refractivity (Wildman–Crippen MR) is 82.1 cm³/mol. The highest BCUT2D eigenvalue weighted by atomic mass is 16.1. The SMILES string of the molecule is O=CC1=CC(c2ccccc2)(c2ccccc2)CCC1=O. The molecule has 104 valence electrons. The zero-order chi connectivity index (χ0) is 14.7. The highest BCUT2D eigenvalue weighted by Crippen LogP contribution is 2.41. The first-order chi connectivity index (χ1) is 10.3. The van der Waals surface area contributed by atoms with Crippen molar-refractivity contribution in [3.8, 4) is 0 Å². The Balaban J connectivity index is 2.24. The lowest BCUT2D eigenvalue weighted by Crippen LogP contribution is -2.31.